The van der Waals surface area contributed by atoms with E-state index in [1.54, 1.807) is 11.3 Å². The van der Waals surface area contributed by atoms with E-state index in [2.05, 4.69) is 20.2 Å². The summed E-state index contributed by atoms with van der Waals surface area (Å²) in [5.41, 5.74) is 5.45. The van der Waals surface area contributed by atoms with Crippen molar-refractivity contribution in [2.24, 2.45) is 5.92 Å². The first-order valence-corrected chi connectivity index (χ1v) is 10.6. The van der Waals surface area contributed by atoms with Crippen molar-refractivity contribution in [2.45, 2.75) is 52.6 Å². The predicted octanol–water partition coefficient (Wildman–Crippen LogP) is 3.90. The van der Waals surface area contributed by atoms with Crippen LogP contribution in [0, 0.1) is 12.8 Å². The first kappa shape index (κ1) is 18.9. The number of amides is 1. The zero-order valence-electron chi connectivity index (χ0n) is 16.5. The minimum atomic E-state index is -0.0164. The molecule has 1 aromatic carbocycles. The lowest BCUT2D eigenvalue weighted by molar-refractivity contribution is -0.124. The molecule has 1 aliphatic rings. The van der Waals surface area contributed by atoms with E-state index >= 15 is 0 Å². The molecule has 1 N–H and O–H groups in total. The fourth-order valence-electron chi connectivity index (χ4n) is 4.06. The molecule has 6 heteroatoms. The Hall–Kier alpha value is -2.47. The average Bonchev–Trinajstić information content (AvgIpc) is 3.23. The van der Waals surface area contributed by atoms with Crippen LogP contribution in [-0.4, -0.2) is 27.8 Å². The molecule has 0 radical (unpaired) electrons. The van der Waals surface area contributed by atoms with Gasteiger partial charge in [0.1, 0.15) is 6.29 Å². The molecule has 0 unspecified atom stereocenters. The Morgan fingerprint density at radius 2 is 2.25 bits per heavy atom. The minimum Gasteiger partial charge on any atom is -0.353 e. The molecule has 0 saturated carbocycles. The van der Waals surface area contributed by atoms with Crippen LogP contribution in [0.1, 0.15) is 52.6 Å². The maximum absolute atomic E-state index is 12.2. The third-order valence-electron chi connectivity index (χ3n) is 5.48. The van der Waals surface area contributed by atoms with Gasteiger partial charge in [0.2, 0.25) is 5.91 Å². The summed E-state index contributed by atoms with van der Waals surface area (Å²) in [6.07, 6.45) is 3.54. The third kappa shape index (κ3) is 3.49. The number of carbonyl (C=O) groups excluding carboxylic acids is 2. The molecule has 2 aromatic heterocycles. The number of nitrogens with zero attached hydrogens (tertiary/aromatic N) is 2. The van der Waals surface area contributed by atoms with Crippen LogP contribution in [0.25, 0.3) is 10.9 Å². The number of benzene rings is 1. The highest BCUT2D eigenvalue weighted by atomic mass is 32.1. The van der Waals surface area contributed by atoms with Crippen molar-refractivity contribution < 1.29 is 9.59 Å². The van der Waals surface area contributed by atoms with Gasteiger partial charge in [-0.3, -0.25) is 9.59 Å². The second-order valence-electron chi connectivity index (χ2n) is 7.87. The molecular formula is C22H25N3O2S. The number of rotatable bonds is 5. The van der Waals surface area contributed by atoms with Crippen LogP contribution in [0.15, 0.2) is 23.6 Å². The molecule has 5 nitrogen and oxygen atoms in total. The number of carbonyl (C=O) groups is 2. The average molecular weight is 396 g/mol. The minimum absolute atomic E-state index is 0.0164. The zero-order valence-corrected chi connectivity index (χ0v) is 17.3. The predicted molar refractivity (Wildman–Crippen MR) is 112 cm³/mol. The summed E-state index contributed by atoms with van der Waals surface area (Å²) < 4.78 is 2.34. The molecule has 1 aliphatic carbocycles. The molecular weight excluding hydrogens is 370 g/mol. The summed E-state index contributed by atoms with van der Waals surface area (Å²) in [4.78, 5) is 28.1. The molecule has 0 fully saturated rings. The van der Waals surface area contributed by atoms with Gasteiger partial charge in [-0.05, 0) is 49.9 Å². The van der Waals surface area contributed by atoms with E-state index in [1.807, 2.05) is 39.0 Å². The van der Waals surface area contributed by atoms with E-state index in [0.29, 0.717) is 5.56 Å². The Kier molecular flexibility index (Phi) is 5.06. The molecule has 0 bridgehead atoms. The summed E-state index contributed by atoms with van der Waals surface area (Å²) in [6.45, 7) is 6.60. The van der Waals surface area contributed by atoms with Gasteiger partial charge in [-0.25, -0.2) is 4.98 Å². The number of hydrogen-bond donors (Lipinski definition) is 1. The monoisotopic (exact) mass is 395 g/mol. The van der Waals surface area contributed by atoms with Gasteiger partial charge >= 0.3 is 0 Å². The van der Waals surface area contributed by atoms with E-state index in [1.165, 1.54) is 11.3 Å². The Morgan fingerprint density at radius 1 is 1.43 bits per heavy atom. The molecule has 3 aromatic rings. The van der Waals surface area contributed by atoms with E-state index in [0.717, 1.165) is 53.7 Å². The maximum atomic E-state index is 12.2. The molecule has 2 heterocycles. The summed E-state index contributed by atoms with van der Waals surface area (Å²) in [5, 5.41) is 7.49. The smallest absolute Gasteiger partial charge is 0.222 e. The first-order valence-electron chi connectivity index (χ1n) is 9.76. The quantitative estimate of drug-likeness (QED) is 0.667. The molecule has 4 rings (SSSR count). The van der Waals surface area contributed by atoms with Crippen molar-refractivity contribution in [3.8, 4) is 0 Å². The van der Waals surface area contributed by atoms with Gasteiger partial charge in [-0.1, -0.05) is 13.8 Å². The number of aryl methyl sites for hydroxylation is 1. The van der Waals surface area contributed by atoms with Crippen LogP contribution in [-0.2, 0) is 24.2 Å². The van der Waals surface area contributed by atoms with E-state index < -0.39 is 0 Å². The molecule has 1 amide bonds. The topological polar surface area (TPSA) is 64.0 Å². The van der Waals surface area contributed by atoms with Crippen LogP contribution >= 0.6 is 11.3 Å². The fraction of sp³-hybridized carbons (Fsp3) is 0.409. The molecule has 1 atom stereocenters. The first-order chi connectivity index (χ1) is 13.5. The zero-order chi connectivity index (χ0) is 19.8. The number of fused-ring (bicyclic) bond motifs is 3. The maximum Gasteiger partial charge on any atom is 0.222 e. The van der Waals surface area contributed by atoms with Crippen LogP contribution in [0.3, 0.4) is 0 Å². The van der Waals surface area contributed by atoms with E-state index in [4.69, 9.17) is 0 Å². The van der Waals surface area contributed by atoms with Gasteiger partial charge < -0.3 is 9.88 Å². The van der Waals surface area contributed by atoms with Crippen LogP contribution in [0.2, 0.25) is 0 Å². The molecule has 146 valence electrons. The number of hydrogen-bond acceptors (Lipinski definition) is 4. The lowest BCUT2D eigenvalue weighted by Crippen LogP contribution is -2.41. The molecule has 0 spiro atoms. The number of thiazole rings is 1. The second kappa shape index (κ2) is 7.51. The van der Waals surface area contributed by atoms with Crippen molar-refractivity contribution in [3.05, 3.63) is 51.1 Å². The van der Waals surface area contributed by atoms with E-state index in [-0.39, 0.29) is 17.9 Å². The van der Waals surface area contributed by atoms with Crippen molar-refractivity contribution in [3.63, 3.8) is 0 Å². The van der Waals surface area contributed by atoms with Crippen LogP contribution in [0.5, 0.6) is 0 Å². The highest BCUT2D eigenvalue weighted by Crippen LogP contribution is 2.33. The van der Waals surface area contributed by atoms with Crippen LogP contribution in [0.4, 0.5) is 0 Å². The number of aromatic nitrogens is 2. The molecule has 0 aliphatic heterocycles. The highest BCUT2D eigenvalue weighted by molar-refractivity contribution is 7.09. The molecule has 28 heavy (non-hydrogen) atoms. The second-order valence-corrected chi connectivity index (χ2v) is 8.93. The fourth-order valence-corrected chi connectivity index (χ4v) is 4.66. The van der Waals surface area contributed by atoms with Crippen molar-refractivity contribution in [1.82, 2.24) is 14.9 Å². The number of nitrogens with one attached hydrogen (secondary N) is 1. The third-order valence-corrected chi connectivity index (χ3v) is 6.31. The summed E-state index contributed by atoms with van der Waals surface area (Å²) >= 11 is 1.67. The lowest BCUT2D eigenvalue weighted by Gasteiger charge is -2.25. The van der Waals surface area contributed by atoms with Gasteiger partial charge in [-0.15, -0.1) is 11.3 Å². The van der Waals surface area contributed by atoms with Gasteiger partial charge in [0.25, 0.3) is 0 Å². The standard InChI is InChI=1S/C22H25N3O2S/c1-13(2)22(27)24-16-5-7-21-19(9-16)18-8-15(11-26)4-6-20(18)25(21)10-17-12-28-14(3)23-17/h4,6,8,11-13,16H,5,7,9-10H2,1-3H3,(H,24,27)/t16-/m1/s1. The van der Waals surface area contributed by atoms with Crippen molar-refractivity contribution >= 4 is 34.4 Å². The summed E-state index contributed by atoms with van der Waals surface area (Å²) in [5.74, 6) is 0.0843. The highest BCUT2D eigenvalue weighted by Gasteiger charge is 2.27. The van der Waals surface area contributed by atoms with E-state index in [9.17, 15) is 9.59 Å². The van der Waals surface area contributed by atoms with Crippen molar-refractivity contribution in [2.75, 3.05) is 0 Å². The Morgan fingerprint density at radius 3 is 2.93 bits per heavy atom. The normalized spacial score (nSPS) is 16.4. The lowest BCUT2D eigenvalue weighted by atomic mass is 9.90. The van der Waals surface area contributed by atoms with Gasteiger partial charge in [0, 0.05) is 39.5 Å². The van der Waals surface area contributed by atoms with Gasteiger partial charge in [-0.2, -0.15) is 0 Å². The van der Waals surface area contributed by atoms with Crippen LogP contribution < -0.4 is 5.32 Å². The SMILES string of the molecule is Cc1nc(Cn2c3c(c4cc(C=O)ccc42)C[C@H](NC(=O)C(C)C)CC3)cs1. The van der Waals surface area contributed by atoms with Crippen molar-refractivity contribution in [1.29, 1.82) is 0 Å². The summed E-state index contributed by atoms with van der Waals surface area (Å²) in [7, 11) is 0. The van der Waals surface area contributed by atoms with Gasteiger partial charge in [0.15, 0.2) is 0 Å². The summed E-state index contributed by atoms with van der Waals surface area (Å²) in [6, 6.07) is 6.04. The Balaban J connectivity index is 1.75. The molecule has 0 saturated heterocycles. The van der Waals surface area contributed by atoms with Gasteiger partial charge in [0.05, 0.1) is 17.2 Å². The number of aldehydes is 1. The Labute approximate surface area is 168 Å². The Bertz CT molecular complexity index is 1050. The largest absolute Gasteiger partial charge is 0.353 e.